The first-order chi connectivity index (χ1) is 13.0. The van der Waals surface area contributed by atoms with E-state index in [2.05, 4.69) is 5.32 Å². The van der Waals surface area contributed by atoms with Crippen molar-refractivity contribution in [1.82, 2.24) is 5.32 Å². The third-order valence-electron chi connectivity index (χ3n) is 4.70. The molecule has 0 saturated heterocycles. The van der Waals surface area contributed by atoms with Gasteiger partial charge in [-0.1, -0.05) is 54.4 Å². The third kappa shape index (κ3) is 5.26. The average Bonchev–Trinajstić information content (AvgIpc) is 2.62. The summed E-state index contributed by atoms with van der Waals surface area (Å²) in [6.07, 6.45) is 1.78. The van der Waals surface area contributed by atoms with Crippen molar-refractivity contribution in [2.75, 3.05) is 10.6 Å². The van der Waals surface area contributed by atoms with E-state index >= 15 is 0 Å². The molecule has 5 nitrogen and oxygen atoms in total. The number of hydrogen-bond donors (Lipinski definition) is 1. The molecule has 7 heteroatoms. The van der Waals surface area contributed by atoms with Gasteiger partial charge in [0.15, 0.2) is 0 Å². The van der Waals surface area contributed by atoms with Gasteiger partial charge in [0, 0.05) is 5.02 Å². The number of sulfonamides is 1. The first kappa shape index (κ1) is 22.2. The lowest BCUT2D eigenvalue weighted by Crippen LogP contribution is -2.48. The van der Waals surface area contributed by atoms with Crippen molar-refractivity contribution in [3.8, 4) is 0 Å². The molecule has 28 heavy (non-hydrogen) atoms. The molecular weight excluding hydrogens is 396 g/mol. The maximum atomic E-state index is 12.9. The number of halogens is 1. The van der Waals surface area contributed by atoms with Gasteiger partial charge >= 0.3 is 0 Å². The average molecular weight is 423 g/mol. The van der Waals surface area contributed by atoms with E-state index in [4.69, 9.17) is 11.6 Å². The van der Waals surface area contributed by atoms with Crippen molar-refractivity contribution in [1.29, 1.82) is 0 Å². The molecule has 0 fully saturated rings. The Hall–Kier alpha value is -2.05. The molecule has 2 rings (SSSR count). The summed E-state index contributed by atoms with van der Waals surface area (Å²) in [5.41, 5.74) is 3.32. The number of aryl methyl sites for hydroxylation is 2. The first-order valence-corrected chi connectivity index (χ1v) is 11.4. The Morgan fingerprint density at radius 3 is 2.25 bits per heavy atom. The van der Waals surface area contributed by atoms with Gasteiger partial charge in [-0.15, -0.1) is 0 Å². The molecule has 152 valence electrons. The highest BCUT2D eigenvalue weighted by Crippen LogP contribution is 2.27. The zero-order valence-corrected chi connectivity index (χ0v) is 18.4. The zero-order valence-electron chi connectivity index (χ0n) is 16.9. The predicted molar refractivity (Wildman–Crippen MR) is 115 cm³/mol. The highest BCUT2D eigenvalue weighted by molar-refractivity contribution is 7.92. The van der Waals surface area contributed by atoms with Crippen molar-refractivity contribution >= 4 is 33.2 Å². The lowest BCUT2D eigenvalue weighted by Gasteiger charge is -2.30. The number of nitrogens with zero attached hydrogens (tertiary/aromatic N) is 1. The highest BCUT2D eigenvalue weighted by atomic mass is 35.5. The smallest absolute Gasteiger partial charge is 0.244 e. The SMILES string of the molecule is CC[C@@H](NC(=O)[C@H](C)N(c1ccc(C)c(Cl)c1)S(C)(=O)=O)c1ccc(C)cc1. The largest absolute Gasteiger partial charge is 0.347 e. The fourth-order valence-electron chi connectivity index (χ4n) is 3.04. The second-order valence-electron chi connectivity index (χ2n) is 7.05. The summed E-state index contributed by atoms with van der Waals surface area (Å²) in [5, 5.41) is 3.42. The normalized spacial score (nSPS) is 13.6. The van der Waals surface area contributed by atoms with Crippen molar-refractivity contribution in [2.24, 2.45) is 0 Å². The lowest BCUT2D eigenvalue weighted by molar-refractivity contribution is -0.122. The molecule has 0 heterocycles. The maximum absolute atomic E-state index is 12.9. The predicted octanol–water partition coefficient (Wildman–Crippen LogP) is 4.38. The van der Waals surface area contributed by atoms with Gasteiger partial charge in [0.25, 0.3) is 0 Å². The van der Waals surface area contributed by atoms with E-state index in [0.717, 1.165) is 27.3 Å². The van der Waals surface area contributed by atoms with Crippen LogP contribution in [0.15, 0.2) is 42.5 Å². The van der Waals surface area contributed by atoms with E-state index < -0.39 is 16.1 Å². The summed E-state index contributed by atoms with van der Waals surface area (Å²) in [7, 11) is -3.69. The molecule has 0 spiro atoms. The van der Waals surface area contributed by atoms with Crippen LogP contribution in [0.1, 0.15) is 43.0 Å². The second-order valence-corrected chi connectivity index (χ2v) is 9.32. The monoisotopic (exact) mass is 422 g/mol. The maximum Gasteiger partial charge on any atom is 0.244 e. The summed E-state index contributed by atoms with van der Waals surface area (Å²) in [4.78, 5) is 12.9. The van der Waals surface area contributed by atoms with Crippen molar-refractivity contribution < 1.29 is 13.2 Å². The van der Waals surface area contributed by atoms with Gasteiger partial charge in [-0.05, 0) is 50.5 Å². The van der Waals surface area contributed by atoms with E-state index in [1.165, 1.54) is 0 Å². The van der Waals surface area contributed by atoms with Gasteiger partial charge in [-0.25, -0.2) is 8.42 Å². The topological polar surface area (TPSA) is 66.5 Å². The fraction of sp³-hybridized carbons (Fsp3) is 0.381. The van der Waals surface area contributed by atoms with Gasteiger partial charge in [-0.2, -0.15) is 0 Å². The molecule has 1 amide bonds. The molecule has 0 aliphatic rings. The molecule has 2 aromatic carbocycles. The Balaban J connectivity index is 2.30. The Kier molecular flexibility index (Phi) is 7.12. The van der Waals surface area contributed by atoms with Crippen LogP contribution in [0.2, 0.25) is 5.02 Å². The number of carbonyl (C=O) groups excluding carboxylic acids is 1. The number of carbonyl (C=O) groups is 1. The third-order valence-corrected chi connectivity index (χ3v) is 6.35. The van der Waals surface area contributed by atoms with Gasteiger partial charge in [0.05, 0.1) is 18.0 Å². The van der Waals surface area contributed by atoms with Crippen molar-refractivity contribution in [2.45, 2.75) is 46.2 Å². The number of nitrogens with one attached hydrogen (secondary N) is 1. The number of hydrogen-bond acceptors (Lipinski definition) is 3. The van der Waals surface area contributed by atoms with E-state index in [1.807, 2.05) is 45.0 Å². The van der Waals surface area contributed by atoms with Crippen molar-refractivity contribution in [3.05, 3.63) is 64.2 Å². The minimum atomic E-state index is -3.69. The summed E-state index contributed by atoms with van der Waals surface area (Å²) >= 11 is 6.17. The van der Waals surface area contributed by atoms with Crippen molar-refractivity contribution in [3.63, 3.8) is 0 Å². The summed E-state index contributed by atoms with van der Waals surface area (Å²) < 4.78 is 26.0. The Labute approximate surface area is 172 Å². The molecule has 0 unspecified atom stereocenters. The zero-order chi connectivity index (χ0) is 21.1. The summed E-state index contributed by atoms with van der Waals surface area (Å²) in [6.45, 7) is 7.39. The quantitative estimate of drug-likeness (QED) is 0.720. The first-order valence-electron chi connectivity index (χ1n) is 9.17. The minimum absolute atomic E-state index is 0.196. The Morgan fingerprint density at radius 2 is 1.75 bits per heavy atom. The Bertz CT molecular complexity index is 943. The standard InChI is InChI=1S/C21H27ClN2O3S/c1-6-20(17-10-7-14(2)8-11-17)23-21(25)16(4)24(28(5,26)27)18-12-9-15(3)19(22)13-18/h7-13,16,20H,6H2,1-5H3,(H,23,25)/t16-,20+/m0/s1. The molecule has 0 saturated carbocycles. The van der Waals surface area contributed by atoms with Crippen LogP contribution in [0.25, 0.3) is 0 Å². The number of anilines is 1. The highest BCUT2D eigenvalue weighted by Gasteiger charge is 2.30. The molecule has 0 bridgehead atoms. The van der Waals surface area contributed by atoms with E-state index in [9.17, 15) is 13.2 Å². The van der Waals surface area contributed by atoms with Crippen LogP contribution in [0, 0.1) is 13.8 Å². The lowest BCUT2D eigenvalue weighted by atomic mass is 10.0. The molecule has 0 aromatic heterocycles. The molecule has 0 aliphatic carbocycles. The second kappa shape index (κ2) is 8.97. The molecule has 2 atom stereocenters. The van der Waals surface area contributed by atoms with Gasteiger partial charge in [0.1, 0.15) is 6.04 Å². The van der Waals surface area contributed by atoms with Crippen LogP contribution < -0.4 is 9.62 Å². The molecule has 0 aliphatic heterocycles. The number of amides is 1. The summed E-state index contributed by atoms with van der Waals surface area (Å²) in [5.74, 6) is -0.366. The minimum Gasteiger partial charge on any atom is -0.347 e. The molecule has 0 radical (unpaired) electrons. The van der Waals surface area contributed by atoms with Crippen LogP contribution >= 0.6 is 11.6 Å². The van der Waals surface area contributed by atoms with Crippen LogP contribution in [0.4, 0.5) is 5.69 Å². The van der Waals surface area contributed by atoms with Crippen LogP contribution in [0.3, 0.4) is 0 Å². The van der Waals surface area contributed by atoms with E-state index in [-0.39, 0.29) is 11.9 Å². The molecule has 2 aromatic rings. The van der Waals surface area contributed by atoms with E-state index in [0.29, 0.717) is 17.1 Å². The number of benzene rings is 2. The van der Waals surface area contributed by atoms with Crippen LogP contribution in [0.5, 0.6) is 0 Å². The fourth-order valence-corrected chi connectivity index (χ4v) is 4.38. The van der Waals surface area contributed by atoms with Crippen LogP contribution in [-0.4, -0.2) is 26.6 Å². The van der Waals surface area contributed by atoms with Crippen LogP contribution in [-0.2, 0) is 14.8 Å². The van der Waals surface area contributed by atoms with Gasteiger partial charge in [0.2, 0.25) is 15.9 Å². The van der Waals surface area contributed by atoms with Gasteiger partial charge < -0.3 is 5.32 Å². The molecule has 1 N–H and O–H groups in total. The number of rotatable bonds is 7. The Morgan fingerprint density at radius 1 is 1.14 bits per heavy atom. The van der Waals surface area contributed by atoms with E-state index in [1.54, 1.807) is 25.1 Å². The van der Waals surface area contributed by atoms with Gasteiger partial charge in [-0.3, -0.25) is 9.10 Å². The molecular formula is C21H27ClN2O3S. The summed E-state index contributed by atoms with van der Waals surface area (Å²) in [6, 6.07) is 11.8.